The lowest BCUT2D eigenvalue weighted by Crippen LogP contribution is -2.22. The Hall–Kier alpha value is -1.40. The highest BCUT2D eigenvalue weighted by Gasteiger charge is 2.28. The van der Waals surface area contributed by atoms with Crippen LogP contribution in [0, 0.1) is 0 Å². The molecule has 2 aromatic rings. The summed E-state index contributed by atoms with van der Waals surface area (Å²) in [6.07, 6.45) is 2.08. The predicted molar refractivity (Wildman–Crippen MR) is 72.0 cm³/mol. The highest BCUT2D eigenvalue weighted by molar-refractivity contribution is 8.13. The summed E-state index contributed by atoms with van der Waals surface area (Å²) < 4.78 is 24.1. The summed E-state index contributed by atoms with van der Waals surface area (Å²) >= 11 is 0. The Morgan fingerprint density at radius 2 is 2.05 bits per heavy atom. The Bertz CT molecular complexity index is 838. The number of aromatic nitrogens is 2. The van der Waals surface area contributed by atoms with Crippen LogP contribution in [-0.2, 0) is 16.1 Å². The largest absolute Gasteiger partial charge is 0.299 e. The van der Waals surface area contributed by atoms with Gasteiger partial charge >= 0.3 is 0 Å². The van der Waals surface area contributed by atoms with Gasteiger partial charge in [0.25, 0.3) is 14.6 Å². The molecule has 0 bridgehead atoms. The molecule has 0 N–H and O–H groups in total. The van der Waals surface area contributed by atoms with Crippen LogP contribution in [-0.4, -0.2) is 18.0 Å². The van der Waals surface area contributed by atoms with Gasteiger partial charge in [-0.2, -0.15) is 0 Å². The van der Waals surface area contributed by atoms with Crippen LogP contribution in [0.5, 0.6) is 0 Å². The second-order valence-corrected chi connectivity index (χ2v) is 7.29. The molecule has 1 aliphatic rings. The zero-order valence-electron chi connectivity index (χ0n) is 10.1. The lowest BCUT2D eigenvalue weighted by atomic mass is 10.2. The predicted octanol–water partition coefficient (Wildman–Crippen LogP) is 1.74. The van der Waals surface area contributed by atoms with Crippen molar-refractivity contribution in [2.24, 2.45) is 7.05 Å². The maximum atomic E-state index is 12.2. The van der Waals surface area contributed by atoms with Gasteiger partial charge in [-0.05, 0) is 31.0 Å². The van der Waals surface area contributed by atoms with E-state index in [4.69, 9.17) is 10.7 Å². The summed E-state index contributed by atoms with van der Waals surface area (Å²) in [4.78, 5) is 16.6. The minimum atomic E-state index is -3.84. The Kier molecular flexibility index (Phi) is 2.69. The third-order valence-electron chi connectivity index (χ3n) is 3.31. The number of hydrogen-bond donors (Lipinski definition) is 0. The molecule has 100 valence electrons. The molecule has 1 aromatic heterocycles. The molecule has 0 radical (unpaired) electrons. The smallest absolute Gasteiger partial charge is 0.261 e. The van der Waals surface area contributed by atoms with Crippen molar-refractivity contribution in [1.29, 1.82) is 0 Å². The fourth-order valence-corrected chi connectivity index (χ4v) is 2.90. The molecule has 1 aromatic carbocycles. The molecule has 0 amide bonds. The first-order valence-corrected chi connectivity index (χ1v) is 8.14. The minimum absolute atomic E-state index is 0.0836. The quantitative estimate of drug-likeness (QED) is 0.792. The molecule has 3 rings (SSSR count). The van der Waals surface area contributed by atoms with E-state index in [0.29, 0.717) is 11.4 Å². The van der Waals surface area contributed by atoms with Gasteiger partial charge in [-0.15, -0.1) is 0 Å². The van der Waals surface area contributed by atoms with Gasteiger partial charge in [-0.3, -0.25) is 9.36 Å². The second kappa shape index (κ2) is 4.05. The molecule has 0 saturated heterocycles. The van der Waals surface area contributed by atoms with Crippen molar-refractivity contribution >= 4 is 30.6 Å². The lowest BCUT2D eigenvalue weighted by Gasteiger charge is -2.08. The van der Waals surface area contributed by atoms with Crippen molar-refractivity contribution in [2.75, 3.05) is 0 Å². The maximum absolute atomic E-state index is 12.2. The van der Waals surface area contributed by atoms with Gasteiger partial charge in [0, 0.05) is 23.6 Å². The molecule has 0 aliphatic heterocycles. The van der Waals surface area contributed by atoms with Gasteiger partial charge in [0.1, 0.15) is 5.82 Å². The van der Waals surface area contributed by atoms with Crippen molar-refractivity contribution in [3.8, 4) is 0 Å². The Balaban J connectivity index is 2.33. The molecule has 0 atom stereocenters. The van der Waals surface area contributed by atoms with Gasteiger partial charge < -0.3 is 0 Å². The number of benzene rings is 1. The molecule has 7 heteroatoms. The van der Waals surface area contributed by atoms with Crippen LogP contribution in [0.15, 0.2) is 27.9 Å². The monoisotopic (exact) mass is 298 g/mol. The third kappa shape index (κ3) is 2.15. The Morgan fingerprint density at radius 1 is 1.37 bits per heavy atom. The third-order valence-corrected chi connectivity index (χ3v) is 4.66. The average Bonchev–Trinajstić information content (AvgIpc) is 3.16. The van der Waals surface area contributed by atoms with Crippen molar-refractivity contribution in [3.05, 3.63) is 34.4 Å². The molecular formula is C12H11ClN2O3S. The van der Waals surface area contributed by atoms with Crippen LogP contribution in [0.1, 0.15) is 24.6 Å². The highest BCUT2D eigenvalue weighted by Crippen LogP contribution is 2.38. The first-order chi connectivity index (χ1) is 8.88. The second-order valence-electron chi connectivity index (χ2n) is 4.73. The van der Waals surface area contributed by atoms with E-state index in [2.05, 4.69) is 4.98 Å². The zero-order chi connectivity index (χ0) is 13.8. The molecule has 0 unspecified atom stereocenters. The van der Waals surface area contributed by atoms with E-state index in [-0.39, 0.29) is 15.8 Å². The molecule has 0 spiro atoms. The number of fused-ring (bicyclic) bond motifs is 1. The van der Waals surface area contributed by atoms with E-state index >= 15 is 0 Å². The topological polar surface area (TPSA) is 69.0 Å². The van der Waals surface area contributed by atoms with Gasteiger partial charge in [0.2, 0.25) is 0 Å². The summed E-state index contributed by atoms with van der Waals surface area (Å²) in [6.45, 7) is 0. The number of nitrogens with zero attached hydrogens (tertiary/aromatic N) is 2. The summed E-state index contributed by atoms with van der Waals surface area (Å²) in [5, 5.41) is 0.272. The molecule has 1 aliphatic carbocycles. The fraction of sp³-hybridized carbons (Fsp3) is 0.333. The molecule has 1 fully saturated rings. The van der Waals surface area contributed by atoms with Crippen LogP contribution in [0.3, 0.4) is 0 Å². The Labute approximate surface area is 114 Å². The van der Waals surface area contributed by atoms with Crippen molar-refractivity contribution < 1.29 is 8.42 Å². The lowest BCUT2D eigenvalue weighted by molar-refractivity contribution is 0.609. The van der Waals surface area contributed by atoms with Gasteiger partial charge in [-0.25, -0.2) is 13.4 Å². The maximum Gasteiger partial charge on any atom is 0.261 e. The van der Waals surface area contributed by atoms with Crippen LogP contribution in [0.2, 0.25) is 0 Å². The summed E-state index contributed by atoms with van der Waals surface area (Å²) in [5.74, 6) is 1.11. The van der Waals surface area contributed by atoms with E-state index in [1.165, 1.54) is 22.8 Å². The summed E-state index contributed by atoms with van der Waals surface area (Å²) in [5.41, 5.74) is 0.267. The fourth-order valence-electron chi connectivity index (χ4n) is 2.13. The number of hydrogen-bond acceptors (Lipinski definition) is 4. The van der Waals surface area contributed by atoms with Crippen LogP contribution >= 0.6 is 10.7 Å². The van der Waals surface area contributed by atoms with Crippen molar-refractivity contribution in [3.63, 3.8) is 0 Å². The normalized spacial score (nSPS) is 15.9. The van der Waals surface area contributed by atoms with E-state index in [1.54, 1.807) is 7.05 Å². The molecule has 1 saturated carbocycles. The standard InChI is InChI=1S/C12H11ClN2O3S/c1-15-11(7-2-3-7)14-10-5-4-8(19(13,17)18)6-9(10)12(15)16/h4-7H,2-3H2,1H3. The average molecular weight is 299 g/mol. The summed E-state index contributed by atoms with van der Waals surface area (Å²) in [7, 11) is 3.10. The first kappa shape index (κ1) is 12.6. The van der Waals surface area contributed by atoms with E-state index < -0.39 is 9.05 Å². The van der Waals surface area contributed by atoms with E-state index in [0.717, 1.165) is 18.7 Å². The number of rotatable bonds is 2. The van der Waals surface area contributed by atoms with Crippen molar-refractivity contribution in [1.82, 2.24) is 9.55 Å². The Morgan fingerprint density at radius 3 is 2.63 bits per heavy atom. The van der Waals surface area contributed by atoms with Crippen LogP contribution in [0.25, 0.3) is 10.9 Å². The van der Waals surface area contributed by atoms with Gasteiger partial charge in [0.15, 0.2) is 0 Å². The van der Waals surface area contributed by atoms with E-state index in [1.807, 2.05) is 0 Å². The van der Waals surface area contributed by atoms with Crippen molar-refractivity contribution in [2.45, 2.75) is 23.7 Å². The first-order valence-electron chi connectivity index (χ1n) is 5.83. The zero-order valence-corrected chi connectivity index (χ0v) is 11.7. The molecular weight excluding hydrogens is 288 g/mol. The number of halogens is 1. The molecule has 5 nitrogen and oxygen atoms in total. The summed E-state index contributed by atoms with van der Waals surface area (Å²) in [6, 6.07) is 4.18. The van der Waals surface area contributed by atoms with Gasteiger partial charge in [0.05, 0.1) is 15.8 Å². The molecule has 19 heavy (non-hydrogen) atoms. The van der Waals surface area contributed by atoms with Crippen LogP contribution in [0.4, 0.5) is 0 Å². The molecule has 1 heterocycles. The minimum Gasteiger partial charge on any atom is -0.299 e. The highest BCUT2D eigenvalue weighted by atomic mass is 35.7. The van der Waals surface area contributed by atoms with Gasteiger partial charge in [-0.1, -0.05) is 0 Å². The SMILES string of the molecule is Cn1c(C2CC2)nc2ccc(S(=O)(=O)Cl)cc2c1=O. The van der Waals surface area contributed by atoms with E-state index in [9.17, 15) is 13.2 Å². The van der Waals surface area contributed by atoms with Crippen LogP contribution < -0.4 is 5.56 Å².